The van der Waals surface area contributed by atoms with Crippen molar-refractivity contribution in [1.82, 2.24) is 5.32 Å². The molecule has 0 unspecified atom stereocenters. The summed E-state index contributed by atoms with van der Waals surface area (Å²) in [6, 6.07) is 14.4. The zero-order valence-electron chi connectivity index (χ0n) is 16.4. The van der Waals surface area contributed by atoms with Gasteiger partial charge in [-0.15, -0.1) is 11.8 Å². The number of para-hydroxylation sites is 2. The van der Waals surface area contributed by atoms with Gasteiger partial charge in [0.2, 0.25) is 15.9 Å². The third kappa shape index (κ3) is 7.79. The molecule has 0 heterocycles. The third-order valence-electron chi connectivity index (χ3n) is 3.85. The van der Waals surface area contributed by atoms with Gasteiger partial charge in [-0.25, -0.2) is 8.42 Å². The van der Waals surface area contributed by atoms with Gasteiger partial charge in [0.05, 0.1) is 18.6 Å². The zero-order chi connectivity index (χ0) is 21.3. The molecule has 0 saturated carbocycles. The van der Waals surface area contributed by atoms with Crippen molar-refractivity contribution in [3.05, 3.63) is 53.6 Å². The lowest BCUT2D eigenvalue weighted by molar-refractivity contribution is -0.119. The maximum Gasteiger partial charge on any atom is 0.240 e. The zero-order valence-corrected chi connectivity index (χ0v) is 18.8. The van der Waals surface area contributed by atoms with Crippen LogP contribution in [0.15, 0.2) is 53.4 Å². The topological polar surface area (TPSA) is 75.7 Å². The molecule has 29 heavy (non-hydrogen) atoms. The lowest BCUT2D eigenvalue weighted by atomic mass is 10.3. The number of amides is 1. The lowest BCUT2D eigenvalue weighted by Gasteiger charge is -2.24. The first-order valence-electron chi connectivity index (χ1n) is 9.16. The second-order valence-electron chi connectivity index (χ2n) is 6.18. The number of thioether (sulfide) groups is 1. The normalized spacial score (nSPS) is 11.1. The molecule has 0 aromatic heterocycles. The quantitative estimate of drug-likeness (QED) is 0.411. The second-order valence-corrected chi connectivity index (χ2v) is 9.69. The highest BCUT2D eigenvalue weighted by Gasteiger charge is 2.23. The summed E-state index contributed by atoms with van der Waals surface area (Å²) in [6.45, 7) is 2.37. The van der Waals surface area contributed by atoms with E-state index in [0.29, 0.717) is 29.6 Å². The van der Waals surface area contributed by atoms with E-state index in [4.69, 9.17) is 16.3 Å². The van der Waals surface area contributed by atoms with Gasteiger partial charge in [0.25, 0.3) is 0 Å². The first kappa shape index (κ1) is 23.4. The Morgan fingerprint density at radius 3 is 2.52 bits per heavy atom. The van der Waals surface area contributed by atoms with Crippen LogP contribution in [0.25, 0.3) is 0 Å². The molecule has 0 aliphatic heterocycles. The molecular formula is C20H25ClN2O4S2. The third-order valence-corrected chi connectivity index (χ3v) is 6.32. The molecule has 0 spiro atoms. The number of hydrogen-bond donors (Lipinski definition) is 1. The molecule has 0 radical (unpaired) electrons. The molecule has 9 heteroatoms. The van der Waals surface area contributed by atoms with Crippen molar-refractivity contribution in [2.24, 2.45) is 0 Å². The van der Waals surface area contributed by atoms with Crippen molar-refractivity contribution >= 4 is 45.0 Å². The van der Waals surface area contributed by atoms with E-state index in [9.17, 15) is 13.2 Å². The Hall–Kier alpha value is -1.90. The van der Waals surface area contributed by atoms with E-state index in [1.165, 1.54) is 0 Å². The van der Waals surface area contributed by atoms with Gasteiger partial charge in [0.1, 0.15) is 12.3 Å². The van der Waals surface area contributed by atoms with Gasteiger partial charge >= 0.3 is 0 Å². The molecule has 0 bridgehead atoms. The smallest absolute Gasteiger partial charge is 0.240 e. The standard InChI is InChI=1S/C20H25ClN2O4S2/c1-3-27-19-8-5-4-7-18(19)23(29(2,25)26)15-20(24)22-13-6-14-28-17-11-9-16(21)10-12-17/h4-5,7-12H,3,6,13-15H2,1-2H3,(H,22,24). The van der Waals surface area contributed by atoms with E-state index < -0.39 is 10.0 Å². The average Bonchev–Trinajstić information content (AvgIpc) is 2.67. The Kier molecular flexibility index (Phi) is 9.13. The predicted molar refractivity (Wildman–Crippen MR) is 120 cm³/mol. The summed E-state index contributed by atoms with van der Waals surface area (Å²) < 4.78 is 31.1. The van der Waals surface area contributed by atoms with Gasteiger partial charge in [-0.3, -0.25) is 9.10 Å². The van der Waals surface area contributed by atoms with Crippen molar-refractivity contribution in [3.63, 3.8) is 0 Å². The molecule has 0 fully saturated rings. The molecule has 2 aromatic carbocycles. The van der Waals surface area contributed by atoms with E-state index in [1.807, 2.05) is 31.2 Å². The Labute approximate surface area is 181 Å². The molecule has 6 nitrogen and oxygen atoms in total. The van der Waals surface area contributed by atoms with Crippen LogP contribution in [0.2, 0.25) is 5.02 Å². The number of halogens is 1. The summed E-state index contributed by atoms with van der Waals surface area (Å²) >= 11 is 7.53. The van der Waals surface area contributed by atoms with Crippen molar-refractivity contribution in [1.29, 1.82) is 0 Å². The van der Waals surface area contributed by atoms with Crippen LogP contribution < -0.4 is 14.4 Å². The number of ether oxygens (including phenoxy) is 1. The second kappa shape index (κ2) is 11.3. The van der Waals surface area contributed by atoms with Crippen LogP contribution in [0.4, 0.5) is 5.69 Å². The van der Waals surface area contributed by atoms with E-state index >= 15 is 0 Å². The van der Waals surface area contributed by atoms with E-state index in [1.54, 1.807) is 36.0 Å². The molecule has 0 atom stereocenters. The highest BCUT2D eigenvalue weighted by molar-refractivity contribution is 7.99. The maximum atomic E-state index is 12.3. The van der Waals surface area contributed by atoms with Gasteiger partial charge < -0.3 is 10.1 Å². The number of rotatable bonds is 11. The monoisotopic (exact) mass is 456 g/mol. The SMILES string of the molecule is CCOc1ccccc1N(CC(=O)NCCCSc1ccc(Cl)cc1)S(C)(=O)=O. The fourth-order valence-corrected chi connectivity index (χ4v) is 4.37. The highest BCUT2D eigenvalue weighted by atomic mass is 35.5. The van der Waals surface area contributed by atoms with Crippen LogP contribution in [-0.2, 0) is 14.8 Å². The summed E-state index contributed by atoms with van der Waals surface area (Å²) in [5, 5.41) is 3.48. The summed E-state index contributed by atoms with van der Waals surface area (Å²) in [7, 11) is -3.65. The highest BCUT2D eigenvalue weighted by Crippen LogP contribution is 2.29. The van der Waals surface area contributed by atoms with Crippen LogP contribution in [-0.4, -0.2) is 46.0 Å². The summed E-state index contributed by atoms with van der Waals surface area (Å²) in [4.78, 5) is 13.4. The summed E-state index contributed by atoms with van der Waals surface area (Å²) in [5.74, 6) is 0.885. The van der Waals surface area contributed by atoms with Crippen molar-refractivity contribution in [2.75, 3.05) is 36.0 Å². The summed E-state index contributed by atoms with van der Waals surface area (Å²) in [5.41, 5.74) is 0.352. The Bertz CT molecular complexity index is 905. The van der Waals surface area contributed by atoms with Gasteiger partial charge in [-0.05, 0) is 55.5 Å². The number of sulfonamides is 1. The number of carbonyl (C=O) groups is 1. The molecule has 0 aliphatic rings. The average molecular weight is 457 g/mol. The van der Waals surface area contributed by atoms with E-state index in [-0.39, 0.29) is 12.5 Å². The Morgan fingerprint density at radius 1 is 1.17 bits per heavy atom. The molecular weight excluding hydrogens is 432 g/mol. The van der Waals surface area contributed by atoms with E-state index in [0.717, 1.165) is 27.6 Å². The number of benzene rings is 2. The first-order chi connectivity index (χ1) is 13.8. The van der Waals surface area contributed by atoms with Crippen molar-refractivity contribution in [3.8, 4) is 5.75 Å². The van der Waals surface area contributed by atoms with Crippen LogP contribution in [0.5, 0.6) is 5.75 Å². The number of anilines is 1. The van der Waals surface area contributed by atoms with Crippen LogP contribution in [0.3, 0.4) is 0 Å². The molecule has 0 aliphatic carbocycles. The lowest BCUT2D eigenvalue weighted by Crippen LogP contribution is -2.40. The fourth-order valence-electron chi connectivity index (χ4n) is 2.53. The van der Waals surface area contributed by atoms with Crippen molar-refractivity contribution < 1.29 is 17.9 Å². The number of nitrogens with one attached hydrogen (secondary N) is 1. The molecule has 1 N–H and O–H groups in total. The number of nitrogens with zero attached hydrogens (tertiary/aromatic N) is 1. The van der Waals surface area contributed by atoms with Gasteiger partial charge in [-0.2, -0.15) is 0 Å². The Balaban J connectivity index is 1.88. The summed E-state index contributed by atoms with van der Waals surface area (Å²) in [6.07, 6.45) is 1.83. The Morgan fingerprint density at radius 2 is 1.86 bits per heavy atom. The first-order valence-corrected chi connectivity index (χ1v) is 12.4. The van der Waals surface area contributed by atoms with E-state index in [2.05, 4.69) is 5.32 Å². The predicted octanol–water partition coefficient (Wildman–Crippen LogP) is 3.80. The minimum Gasteiger partial charge on any atom is -0.492 e. The van der Waals surface area contributed by atoms with Crippen molar-refractivity contribution in [2.45, 2.75) is 18.2 Å². The fraction of sp³-hybridized carbons (Fsp3) is 0.350. The molecule has 0 saturated heterocycles. The van der Waals surface area contributed by atoms with Crippen LogP contribution in [0, 0.1) is 0 Å². The minimum atomic E-state index is -3.65. The molecule has 158 valence electrons. The maximum absolute atomic E-state index is 12.3. The van der Waals surface area contributed by atoms with Gasteiger partial charge in [0, 0.05) is 16.5 Å². The minimum absolute atomic E-state index is 0.298. The molecule has 1 amide bonds. The van der Waals surface area contributed by atoms with Crippen LogP contribution >= 0.6 is 23.4 Å². The largest absolute Gasteiger partial charge is 0.492 e. The van der Waals surface area contributed by atoms with Crippen LogP contribution in [0.1, 0.15) is 13.3 Å². The van der Waals surface area contributed by atoms with Gasteiger partial charge in [-0.1, -0.05) is 23.7 Å². The number of carbonyl (C=O) groups excluding carboxylic acids is 1. The van der Waals surface area contributed by atoms with Gasteiger partial charge in [0.15, 0.2) is 0 Å². The molecule has 2 rings (SSSR count). The number of hydrogen-bond acceptors (Lipinski definition) is 5. The molecule has 2 aromatic rings.